The van der Waals surface area contributed by atoms with Crippen molar-refractivity contribution in [3.8, 4) is 0 Å². The Hall–Kier alpha value is -3.17. The number of carbonyl (C=O) groups excluding carboxylic acids is 3. The van der Waals surface area contributed by atoms with E-state index in [9.17, 15) is 14.4 Å². The van der Waals surface area contributed by atoms with Crippen molar-refractivity contribution in [1.82, 2.24) is 53.4 Å². The molecule has 0 N–H and O–H groups in total. The van der Waals surface area contributed by atoms with Gasteiger partial charge in [0.25, 0.3) is 0 Å². The third kappa shape index (κ3) is 19.0. The maximum absolute atomic E-state index is 12.6. The van der Waals surface area contributed by atoms with Gasteiger partial charge < -0.3 is 33.6 Å². The van der Waals surface area contributed by atoms with Crippen molar-refractivity contribution in [2.24, 2.45) is 5.41 Å². The van der Waals surface area contributed by atoms with Crippen LogP contribution in [0, 0.1) is 5.41 Å². The average Bonchev–Trinajstić information content (AvgIpc) is 3.75. The smallest absolute Gasteiger partial charge is 0.242 e. The number of amides is 2. The van der Waals surface area contributed by atoms with Crippen molar-refractivity contribution in [1.29, 1.82) is 0 Å². The van der Waals surface area contributed by atoms with E-state index in [0.717, 1.165) is 64.0 Å². The van der Waals surface area contributed by atoms with Gasteiger partial charge >= 0.3 is 0 Å². The fraction of sp³-hybridized carbons (Fsp3) is 0.791. The summed E-state index contributed by atoms with van der Waals surface area (Å²) in [7, 11) is 6.55. The average molecular weight is 804 g/mol. The predicted molar refractivity (Wildman–Crippen MR) is 236 cm³/mol. The van der Waals surface area contributed by atoms with Crippen LogP contribution in [0.2, 0.25) is 0 Å². The molecule has 14 nitrogen and oxygen atoms in total. The molecule has 57 heavy (non-hydrogen) atoms. The molecule has 3 rings (SSSR count). The Balaban J connectivity index is 0.00000115. The molecular weight excluding hydrogens is 719 g/mol. The summed E-state index contributed by atoms with van der Waals surface area (Å²) in [5.41, 5.74) is -0.413. The van der Waals surface area contributed by atoms with Crippen molar-refractivity contribution in [3.05, 3.63) is 36.4 Å². The number of nitrogens with zero attached hydrogens (tertiary/aromatic N) is 11. The zero-order chi connectivity index (χ0) is 41.3. The highest BCUT2D eigenvalue weighted by Crippen LogP contribution is 2.20. The lowest BCUT2D eigenvalue weighted by Gasteiger charge is -2.35. The number of rotatable bonds is 14. The fourth-order valence-electron chi connectivity index (χ4n) is 6.14. The van der Waals surface area contributed by atoms with Crippen LogP contribution in [-0.4, -0.2) is 183 Å². The first-order chi connectivity index (χ1) is 25.8. The molecule has 0 aliphatic carbocycles. The highest BCUT2D eigenvalue weighted by atomic mass is 16.2. The van der Waals surface area contributed by atoms with E-state index in [-0.39, 0.29) is 50.7 Å². The van der Waals surface area contributed by atoms with E-state index in [1.807, 2.05) is 79.8 Å². The van der Waals surface area contributed by atoms with Crippen molar-refractivity contribution < 1.29 is 14.4 Å². The lowest BCUT2D eigenvalue weighted by Crippen LogP contribution is -2.45. The van der Waals surface area contributed by atoms with Gasteiger partial charge in [0.15, 0.2) is 5.78 Å². The van der Waals surface area contributed by atoms with Crippen LogP contribution in [-0.2, 0) is 40.6 Å². The van der Waals surface area contributed by atoms with Crippen LogP contribution in [0.1, 0.15) is 95.7 Å². The topological polar surface area (TPSA) is 110 Å². The molecular formula is C43H85N11O3. The standard InChI is InChI=1S/C24H41N7O2.C17H36N4O.2CH4/c1-8-27(9-2)22(32)18-29-14-12-25-20(29)16-31(24(5,6)7)17-21-26-13-15-30(21)19-23(33)28(10-3)11-4;1-17(2,3)16(22)15-21-13-11-19(5)9-7-18(4)8-10-20(6)12-14-21;;/h12-15H,8-11,16-19H2,1-7H3;7-15H2,1-6H3;2*1H4. The summed E-state index contributed by atoms with van der Waals surface area (Å²) < 4.78 is 3.85. The van der Waals surface area contributed by atoms with Crippen LogP contribution in [0.5, 0.6) is 0 Å². The Morgan fingerprint density at radius 3 is 1.21 bits per heavy atom. The van der Waals surface area contributed by atoms with Crippen LogP contribution < -0.4 is 0 Å². The van der Waals surface area contributed by atoms with Crippen LogP contribution in [0.25, 0.3) is 0 Å². The molecule has 14 heteroatoms. The summed E-state index contributed by atoms with van der Waals surface area (Å²) in [5.74, 6) is 2.19. The Kier molecular flexibility index (Phi) is 24.6. The molecule has 1 saturated heterocycles. The zero-order valence-corrected chi connectivity index (χ0v) is 37.0. The summed E-state index contributed by atoms with van der Waals surface area (Å²) >= 11 is 0. The third-order valence-corrected chi connectivity index (χ3v) is 10.6. The molecule has 2 aromatic rings. The molecule has 2 amide bonds. The Morgan fingerprint density at radius 1 is 0.579 bits per heavy atom. The molecule has 0 unspecified atom stereocenters. The molecule has 0 spiro atoms. The van der Waals surface area contributed by atoms with Crippen molar-refractivity contribution in [3.63, 3.8) is 0 Å². The largest absolute Gasteiger partial charge is 0.342 e. The van der Waals surface area contributed by atoms with Gasteiger partial charge in [0.05, 0.1) is 19.6 Å². The van der Waals surface area contributed by atoms with E-state index < -0.39 is 0 Å². The number of imidazole rings is 2. The van der Waals surface area contributed by atoms with Gasteiger partial charge in [0.1, 0.15) is 24.7 Å². The molecule has 3 heterocycles. The SMILES string of the molecule is C.C.CCN(CC)C(=O)Cn1ccnc1CN(Cc1nccn1CC(=O)N(CC)CC)C(C)(C)C.CN1CCN(C)CCN(CC(=O)C(C)(C)C)CCN(C)CC1. The summed E-state index contributed by atoms with van der Waals surface area (Å²) in [4.78, 5) is 62.1. The minimum absolute atomic E-state index is 0. The monoisotopic (exact) mass is 804 g/mol. The number of hydrogen-bond acceptors (Lipinski definition) is 10. The highest BCUT2D eigenvalue weighted by molar-refractivity contribution is 5.85. The van der Waals surface area contributed by atoms with Crippen LogP contribution >= 0.6 is 0 Å². The van der Waals surface area contributed by atoms with Crippen LogP contribution in [0.15, 0.2) is 24.8 Å². The number of carbonyl (C=O) groups is 3. The summed E-state index contributed by atoms with van der Waals surface area (Å²) in [6.45, 7) is 33.9. The number of hydrogen-bond donors (Lipinski definition) is 0. The van der Waals surface area contributed by atoms with Gasteiger partial charge in [-0.3, -0.25) is 24.2 Å². The van der Waals surface area contributed by atoms with E-state index >= 15 is 0 Å². The minimum atomic E-state index is -0.246. The Labute approximate surface area is 348 Å². The minimum Gasteiger partial charge on any atom is -0.342 e. The maximum Gasteiger partial charge on any atom is 0.242 e. The number of aromatic nitrogens is 4. The van der Waals surface area contributed by atoms with Gasteiger partial charge in [-0.2, -0.15) is 0 Å². The van der Waals surface area contributed by atoms with E-state index in [4.69, 9.17) is 0 Å². The summed E-state index contributed by atoms with van der Waals surface area (Å²) in [5, 5.41) is 0. The molecule has 330 valence electrons. The summed E-state index contributed by atoms with van der Waals surface area (Å²) in [6.07, 6.45) is 7.22. The molecule has 0 saturated carbocycles. The third-order valence-electron chi connectivity index (χ3n) is 10.6. The van der Waals surface area contributed by atoms with Crippen molar-refractivity contribution in [2.45, 2.75) is 116 Å². The molecule has 0 bridgehead atoms. The second-order valence-electron chi connectivity index (χ2n) is 17.0. The van der Waals surface area contributed by atoms with Gasteiger partial charge in [-0.15, -0.1) is 0 Å². The van der Waals surface area contributed by atoms with Gasteiger partial charge in [0.2, 0.25) is 11.8 Å². The van der Waals surface area contributed by atoms with E-state index in [1.54, 1.807) is 12.4 Å². The first-order valence-corrected chi connectivity index (χ1v) is 20.4. The number of likely N-dealkylation sites (N-methyl/N-ethyl adjacent to an activating group) is 5. The Bertz CT molecular complexity index is 1340. The highest BCUT2D eigenvalue weighted by Gasteiger charge is 2.27. The van der Waals surface area contributed by atoms with Crippen LogP contribution in [0.3, 0.4) is 0 Å². The molecule has 1 fully saturated rings. The molecule has 0 radical (unpaired) electrons. The first kappa shape index (κ1) is 53.8. The van der Waals surface area contributed by atoms with Gasteiger partial charge in [-0.25, -0.2) is 9.97 Å². The van der Waals surface area contributed by atoms with E-state index in [0.29, 0.717) is 51.6 Å². The number of Topliss-reactive ketones (excluding diaryl/α,β-unsaturated/α-hetero) is 1. The van der Waals surface area contributed by atoms with Gasteiger partial charge in [0, 0.05) is 114 Å². The van der Waals surface area contributed by atoms with Crippen molar-refractivity contribution >= 4 is 17.6 Å². The quantitative estimate of drug-likeness (QED) is 0.269. The van der Waals surface area contributed by atoms with Gasteiger partial charge in [-0.1, -0.05) is 35.6 Å². The normalized spacial score (nSPS) is 15.7. The first-order valence-electron chi connectivity index (χ1n) is 20.4. The summed E-state index contributed by atoms with van der Waals surface area (Å²) in [6, 6.07) is 0. The molecule has 1 aliphatic rings. The number of ketones is 1. The zero-order valence-electron chi connectivity index (χ0n) is 37.0. The predicted octanol–water partition coefficient (Wildman–Crippen LogP) is 4.60. The lowest BCUT2D eigenvalue weighted by atomic mass is 9.90. The van der Waals surface area contributed by atoms with Gasteiger partial charge in [-0.05, 0) is 69.6 Å². The van der Waals surface area contributed by atoms with E-state index in [1.165, 1.54) is 0 Å². The maximum atomic E-state index is 12.6. The van der Waals surface area contributed by atoms with Crippen LogP contribution in [0.4, 0.5) is 0 Å². The molecule has 2 aromatic heterocycles. The molecule has 1 aliphatic heterocycles. The molecule has 0 atom stereocenters. The fourth-order valence-corrected chi connectivity index (χ4v) is 6.14. The second kappa shape index (κ2) is 26.0. The van der Waals surface area contributed by atoms with E-state index in [2.05, 4.69) is 76.4 Å². The van der Waals surface area contributed by atoms with Crippen molar-refractivity contribution in [2.75, 3.05) is 106 Å². The second-order valence-corrected chi connectivity index (χ2v) is 17.0. The lowest BCUT2D eigenvalue weighted by molar-refractivity contribution is -0.132. The Morgan fingerprint density at radius 2 is 0.912 bits per heavy atom. The molecule has 0 aromatic carbocycles.